The molecule has 0 aromatic heterocycles. The van der Waals surface area contributed by atoms with Gasteiger partial charge >= 0.3 is 0 Å². The third kappa shape index (κ3) is 2.24. The number of hydrogen-bond donors (Lipinski definition) is 1. The van der Waals surface area contributed by atoms with Crippen molar-refractivity contribution in [2.75, 3.05) is 5.73 Å². The third-order valence-corrected chi connectivity index (χ3v) is 2.07. The van der Waals surface area contributed by atoms with Gasteiger partial charge in [0.15, 0.2) is 0 Å². The predicted molar refractivity (Wildman–Crippen MR) is 55.0 cm³/mol. The van der Waals surface area contributed by atoms with E-state index in [0.717, 1.165) is 5.56 Å². The minimum absolute atomic E-state index is 0.324. The second-order valence-electron chi connectivity index (χ2n) is 2.81. The molecule has 0 aliphatic carbocycles. The van der Waals surface area contributed by atoms with Crippen LogP contribution in [-0.4, -0.2) is 5.24 Å². The lowest BCUT2D eigenvalue weighted by atomic mass is 10.0. The molecule has 0 atom stereocenters. The summed E-state index contributed by atoms with van der Waals surface area (Å²) in [5.74, 6) is 0. The van der Waals surface area contributed by atoms with E-state index in [-0.39, 0.29) is 0 Å². The van der Waals surface area contributed by atoms with Gasteiger partial charge in [0.25, 0.3) is 5.24 Å². The van der Waals surface area contributed by atoms with Crippen molar-refractivity contribution in [2.45, 2.75) is 12.8 Å². The second-order valence-corrected chi connectivity index (χ2v) is 3.16. The van der Waals surface area contributed by atoms with E-state index in [0.29, 0.717) is 24.1 Å². The summed E-state index contributed by atoms with van der Waals surface area (Å²) in [4.78, 5) is 11.1. The molecule has 0 spiro atoms. The Morgan fingerprint density at radius 3 is 2.86 bits per heavy atom. The molecule has 14 heavy (non-hydrogen) atoms. The number of nitriles is 1. The summed E-state index contributed by atoms with van der Waals surface area (Å²) < 4.78 is 0. The van der Waals surface area contributed by atoms with Gasteiger partial charge in [-0.1, -0.05) is 12.1 Å². The largest absolute Gasteiger partial charge is 0.398 e. The van der Waals surface area contributed by atoms with Crippen LogP contribution in [0.5, 0.6) is 0 Å². The van der Waals surface area contributed by atoms with E-state index in [4.69, 9.17) is 22.6 Å². The standard InChI is InChI=1S/C10H9ClN2O/c11-10(14)9-7(4-2-6-12)3-1-5-8(9)13/h1,3,5H,2,4,13H2. The summed E-state index contributed by atoms with van der Waals surface area (Å²) in [5.41, 5.74) is 7.02. The van der Waals surface area contributed by atoms with Crippen molar-refractivity contribution >= 4 is 22.5 Å². The molecular formula is C10H9ClN2O. The monoisotopic (exact) mass is 208 g/mol. The highest BCUT2D eigenvalue weighted by molar-refractivity contribution is 6.68. The molecule has 0 radical (unpaired) electrons. The van der Waals surface area contributed by atoms with Gasteiger partial charge in [-0.3, -0.25) is 4.79 Å². The summed E-state index contributed by atoms with van der Waals surface area (Å²) in [5, 5.41) is 7.85. The highest BCUT2D eigenvalue weighted by Gasteiger charge is 2.11. The maximum Gasteiger partial charge on any atom is 0.254 e. The smallest absolute Gasteiger partial charge is 0.254 e. The number of carbonyl (C=O) groups is 1. The van der Waals surface area contributed by atoms with Gasteiger partial charge in [-0.2, -0.15) is 5.26 Å². The van der Waals surface area contributed by atoms with Gasteiger partial charge in [0, 0.05) is 12.1 Å². The molecule has 0 heterocycles. The maximum absolute atomic E-state index is 11.1. The fourth-order valence-corrected chi connectivity index (χ4v) is 1.49. The van der Waals surface area contributed by atoms with Crippen molar-refractivity contribution in [3.8, 4) is 6.07 Å². The number of nitrogen functional groups attached to an aromatic ring is 1. The molecule has 4 heteroatoms. The van der Waals surface area contributed by atoms with Gasteiger partial charge < -0.3 is 5.73 Å². The first-order chi connectivity index (χ1) is 6.66. The first-order valence-electron chi connectivity index (χ1n) is 4.11. The van der Waals surface area contributed by atoms with Gasteiger partial charge in [-0.15, -0.1) is 0 Å². The number of rotatable bonds is 3. The molecule has 0 saturated heterocycles. The Labute approximate surface area is 87.1 Å². The fourth-order valence-electron chi connectivity index (χ4n) is 1.26. The van der Waals surface area contributed by atoms with Crippen molar-refractivity contribution < 1.29 is 4.79 Å². The summed E-state index contributed by atoms with van der Waals surface area (Å²) in [6, 6.07) is 7.12. The highest BCUT2D eigenvalue weighted by atomic mass is 35.5. The van der Waals surface area contributed by atoms with E-state index in [1.54, 1.807) is 18.2 Å². The number of nitrogens with two attached hydrogens (primary N) is 1. The Hall–Kier alpha value is -1.53. The molecule has 0 aliphatic heterocycles. The van der Waals surface area contributed by atoms with Gasteiger partial charge in [-0.25, -0.2) is 0 Å². The molecule has 1 aromatic carbocycles. The zero-order chi connectivity index (χ0) is 10.6. The average molecular weight is 209 g/mol. The molecule has 0 fully saturated rings. The Morgan fingerprint density at radius 2 is 2.29 bits per heavy atom. The molecule has 72 valence electrons. The second kappa shape index (κ2) is 4.64. The number of carbonyl (C=O) groups excluding carboxylic acids is 1. The van der Waals surface area contributed by atoms with Crippen LogP contribution in [0.3, 0.4) is 0 Å². The molecule has 0 saturated carbocycles. The van der Waals surface area contributed by atoms with Crippen LogP contribution in [-0.2, 0) is 6.42 Å². The summed E-state index contributed by atoms with van der Waals surface area (Å²) >= 11 is 5.39. The zero-order valence-electron chi connectivity index (χ0n) is 7.46. The minimum Gasteiger partial charge on any atom is -0.398 e. The molecule has 0 amide bonds. The summed E-state index contributed by atoms with van der Waals surface area (Å²) in [7, 11) is 0. The first kappa shape index (κ1) is 10.6. The van der Waals surface area contributed by atoms with Crippen LogP contribution in [0.25, 0.3) is 0 Å². The Morgan fingerprint density at radius 1 is 1.57 bits per heavy atom. The van der Waals surface area contributed by atoms with E-state index in [9.17, 15) is 4.79 Å². The molecule has 0 unspecified atom stereocenters. The summed E-state index contributed by atoms with van der Waals surface area (Å²) in [6.07, 6.45) is 0.843. The van der Waals surface area contributed by atoms with E-state index in [1.807, 2.05) is 6.07 Å². The number of halogens is 1. The maximum atomic E-state index is 11.1. The quantitative estimate of drug-likeness (QED) is 0.611. The van der Waals surface area contributed by atoms with Crippen LogP contribution >= 0.6 is 11.6 Å². The van der Waals surface area contributed by atoms with Gasteiger partial charge in [0.1, 0.15) is 0 Å². The van der Waals surface area contributed by atoms with Crippen molar-refractivity contribution in [3.63, 3.8) is 0 Å². The van der Waals surface area contributed by atoms with Crippen molar-refractivity contribution in [2.24, 2.45) is 0 Å². The highest BCUT2D eigenvalue weighted by Crippen LogP contribution is 2.20. The zero-order valence-corrected chi connectivity index (χ0v) is 8.21. The lowest BCUT2D eigenvalue weighted by Crippen LogP contribution is -2.02. The van der Waals surface area contributed by atoms with Crippen LogP contribution in [0.15, 0.2) is 18.2 Å². The van der Waals surface area contributed by atoms with E-state index in [1.165, 1.54) is 0 Å². The number of aryl methyl sites for hydroxylation is 1. The van der Waals surface area contributed by atoms with E-state index < -0.39 is 5.24 Å². The summed E-state index contributed by atoms with van der Waals surface area (Å²) in [6.45, 7) is 0. The molecule has 0 bridgehead atoms. The average Bonchev–Trinajstić information content (AvgIpc) is 2.14. The van der Waals surface area contributed by atoms with Crippen LogP contribution in [0.2, 0.25) is 0 Å². The van der Waals surface area contributed by atoms with Crippen molar-refractivity contribution in [1.29, 1.82) is 5.26 Å². The molecule has 3 nitrogen and oxygen atoms in total. The lowest BCUT2D eigenvalue weighted by Gasteiger charge is -2.06. The number of benzene rings is 1. The van der Waals surface area contributed by atoms with Crippen molar-refractivity contribution in [1.82, 2.24) is 0 Å². The first-order valence-corrected chi connectivity index (χ1v) is 4.48. The Balaban J connectivity index is 3.09. The normalized spacial score (nSPS) is 9.43. The van der Waals surface area contributed by atoms with Gasteiger partial charge in [0.2, 0.25) is 0 Å². The number of anilines is 1. The molecular weight excluding hydrogens is 200 g/mol. The Kier molecular flexibility index (Phi) is 3.49. The molecule has 2 N–H and O–H groups in total. The number of nitrogens with zero attached hydrogens (tertiary/aromatic N) is 1. The fraction of sp³-hybridized carbons (Fsp3) is 0.200. The molecule has 1 aromatic rings. The predicted octanol–water partition coefficient (Wildman–Crippen LogP) is 2.10. The third-order valence-electron chi connectivity index (χ3n) is 1.89. The van der Waals surface area contributed by atoms with E-state index in [2.05, 4.69) is 0 Å². The van der Waals surface area contributed by atoms with E-state index >= 15 is 0 Å². The Bertz CT molecular complexity index is 396. The topological polar surface area (TPSA) is 66.9 Å². The minimum atomic E-state index is -0.573. The van der Waals surface area contributed by atoms with Crippen LogP contribution in [0.1, 0.15) is 22.3 Å². The van der Waals surface area contributed by atoms with Crippen LogP contribution in [0.4, 0.5) is 5.69 Å². The SMILES string of the molecule is N#CCCc1cccc(N)c1C(=O)Cl. The van der Waals surface area contributed by atoms with Gasteiger partial charge in [-0.05, 0) is 29.7 Å². The van der Waals surface area contributed by atoms with Crippen LogP contribution < -0.4 is 5.73 Å². The molecule has 1 rings (SSSR count). The lowest BCUT2D eigenvalue weighted by molar-refractivity contribution is 0.108. The molecule has 0 aliphatic rings. The van der Waals surface area contributed by atoms with Crippen LogP contribution in [0, 0.1) is 11.3 Å². The van der Waals surface area contributed by atoms with Crippen molar-refractivity contribution in [3.05, 3.63) is 29.3 Å². The van der Waals surface area contributed by atoms with Gasteiger partial charge in [0.05, 0.1) is 11.6 Å². The number of hydrogen-bond acceptors (Lipinski definition) is 3.